The van der Waals surface area contributed by atoms with E-state index in [0.29, 0.717) is 18.2 Å². The van der Waals surface area contributed by atoms with E-state index >= 15 is 0 Å². The molecular formula is C15H20F3NO. The van der Waals surface area contributed by atoms with E-state index < -0.39 is 6.36 Å². The van der Waals surface area contributed by atoms with Crippen molar-refractivity contribution in [2.75, 3.05) is 11.9 Å². The fraction of sp³-hybridized carbons (Fsp3) is 0.600. The quantitative estimate of drug-likeness (QED) is 0.790. The molecule has 0 aliphatic heterocycles. The summed E-state index contributed by atoms with van der Waals surface area (Å²) in [5.74, 6) is 0.380. The summed E-state index contributed by atoms with van der Waals surface area (Å²) in [7, 11) is 0. The summed E-state index contributed by atoms with van der Waals surface area (Å²) >= 11 is 0. The first kappa shape index (κ1) is 15.0. The molecular weight excluding hydrogens is 267 g/mol. The molecule has 0 bridgehead atoms. The molecule has 2 nitrogen and oxygen atoms in total. The summed E-state index contributed by atoms with van der Waals surface area (Å²) in [6, 6.07) is 6.21. The van der Waals surface area contributed by atoms with Gasteiger partial charge in [-0.05, 0) is 30.9 Å². The molecule has 1 aliphatic carbocycles. The van der Waals surface area contributed by atoms with Crippen LogP contribution in [0.3, 0.4) is 0 Å². The molecule has 0 atom stereocenters. The molecule has 112 valence electrons. The summed E-state index contributed by atoms with van der Waals surface area (Å²) in [6.45, 7) is 0.707. The molecule has 0 spiro atoms. The Bertz CT molecular complexity index is 412. The number of nitrogens with one attached hydrogen (secondary N) is 1. The normalized spacial score (nSPS) is 17.6. The first-order valence-electron chi connectivity index (χ1n) is 7.13. The van der Waals surface area contributed by atoms with Gasteiger partial charge in [-0.25, -0.2) is 0 Å². The van der Waals surface area contributed by atoms with Gasteiger partial charge in [0.1, 0.15) is 0 Å². The van der Waals surface area contributed by atoms with Gasteiger partial charge in [-0.15, -0.1) is 13.2 Å². The number of ether oxygens (including phenoxy) is 1. The standard InChI is InChI=1S/C15H20F3NO/c16-15(17,18)20-14-10-6-5-9-13(14)19-11-12-7-3-1-2-4-8-12/h5-6,9-10,12,19H,1-4,7-8,11H2. The van der Waals surface area contributed by atoms with E-state index in [1.54, 1.807) is 12.1 Å². The summed E-state index contributed by atoms with van der Waals surface area (Å²) in [5, 5.41) is 3.11. The van der Waals surface area contributed by atoms with E-state index in [1.165, 1.54) is 37.8 Å². The van der Waals surface area contributed by atoms with Crippen LogP contribution >= 0.6 is 0 Å². The topological polar surface area (TPSA) is 21.3 Å². The van der Waals surface area contributed by atoms with Crippen LogP contribution in [0.5, 0.6) is 5.75 Å². The number of rotatable bonds is 4. The fourth-order valence-electron chi connectivity index (χ4n) is 2.65. The second-order valence-corrected chi connectivity index (χ2v) is 5.28. The molecule has 0 saturated heterocycles. The molecule has 2 rings (SSSR count). The summed E-state index contributed by atoms with van der Waals surface area (Å²) in [4.78, 5) is 0. The Labute approximate surface area is 117 Å². The summed E-state index contributed by atoms with van der Waals surface area (Å²) < 4.78 is 41.0. The largest absolute Gasteiger partial charge is 0.573 e. The number of para-hydroxylation sites is 2. The van der Waals surface area contributed by atoms with Crippen molar-refractivity contribution in [3.8, 4) is 5.75 Å². The molecule has 0 heterocycles. The number of hydrogen-bond acceptors (Lipinski definition) is 2. The number of alkyl halides is 3. The van der Waals surface area contributed by atoms with Crippen molar-refractivity contribution in [1.29, 1.82) is 0 Å². The van der Waals surface area contributed by atoms with E-state index in [9.17, 15) is 13.2 Å². The van der Waals surface area contributed by atoms with E-state index in [-0.39, 0.29) is 5.75 Å². The highest BCUT2D eigenvalue weighted by Crippen LogP contribution is 2.31. The van der Waals surface area contributed by atoms with Crippen LogP contribution in [0.15, 0.2) is 24.3 Å². The maximum Gasteiger partial charge on any atom is 0.573 e. The van der Waals surface area contributed by atoms with Gasteiger partial charge >= 0.3 is 6.36 Å². The van der Waals surface area contributed by atoms with Gasteiger partial charge in [0.25, 0.3) is 0 Å². The lowest BCUT2D eigenvalue weighted by atomic mass is 10.0. The second-order valence-electron chi connectivity index (χ2n) is 5.28. The lowest BCUT2D eigenvalue weighted by Crippen LogP contribution is -2.19. The van der Waals surface area contributed by atoms with Crippen molar-refractivity contribution in [3.05, 3.63) is 24.3 Å². The lowest BCUT2D eigenvalue weighted by Gasteiger charge is -2.18. The van der Waals surface area contributed by atoms with E-state index in [1.807, 2.05) is 0 Å². The van der Waals surface area contributed by atoms with Crippen LogP contribution < -0.4 is 10.1 Å². The average Bonchev–Trinajstić information content (AvgIpc) is 2.64. The predicted molar refractivity (Wildman–Crippen MR) is 72.8 cm³/mol. The molecule has 20 heavy (non-hydrogen) atoms. The van der Waals surface area contributed by atoms with Gasteiger partial charge in [-0.2, -0.15) is 0 Å². The molecule has 1 aromatic carbocycles. The Balaban J connectivity index is 1.94. The lowest BCUT2D eigenvalue weighted by molar-refractivity contribution is -0.274. The van der Waals surface area contributed by atoms with Crippen molar-refractivity contribution in [2.45, 2.75) is 44.9 Å². The van der Waals surface area contributed by atoms with Gasteiger partial charge in [0, 0.05) is 6.54 Å². The zero-order valence-corrected chi connectivity index (χ0v) is 11.4. The highest BCUT2D eigenvalue weighted by Gasteiger charge is 2.32. The third-order valence-electron chi connectivity index (χ3n) is 3.67. The Morgan fingerprint density at radius 3 is 2.35 bits per heavy atom. The van der Waals surface area contributed by atoms with Gasteiger partial charge in [0.05, 0.1) is 5.69 Å². The van der Waals surface area contributed by atoms with Gasteiger partial charge in [-0.3, -0.25) is 0 Å². The maximum absolute atomic E-state index is 12.3. The molecule has 0 amide bonds. The molecule has 1 aliphatic rings. The summed E-state index contributed by atoms with van der Waals surface area (Å²) in [6.07, 6.45) is 2.61. The maximum atomic E-state index is 12.3. The summed E-state index contributed by atoms with van der Waals surface area (Å²) in [5.41, 5.74) is 0.411. The van der Waals surface area contributed by atoms with Crippen LogP contribution in [-0.4, -0.2) is 12.9 Å². The minimum absolute atomic E-state index is 0.159. The highest BCUT2D eigenvalue weighted by molar-refractivity contribution is 5.56. The Hall–Kier alpha value is -1.39. The first-order valence-corrected chi connectivity index (χ1v) is 7.13. The molecule has 1 fully saturated rings. The molecule has 0 unspecified atom stereocenters. The average molecular weight is 287 g/mol. The molecule has 0 radical (unpaired) electrons. The SMILES string of the molecule is FC(F)(F)Oc1ccccc1NCC1CCCCCC1. The molecule has 1 saturated carbocycles. The zero-order valence-electron chi connectivity index (χ0n) is 11.4. The third-order valence-corrected chi connectivity index (χ3v) is 3.67. The van der Waals surface area contributed by atoms with Crippen molar-refractivity contribution in [3.63, 3.8) is 0 Å². The molecule has 1 aromatic rings. The van der Waals surface area contributed by atoms with Gasteiger partial charge in [0.15, 0.2) is 5.75 Å². The number of halogens is 3. The van der Waals surface area contributed by atoms with Crippen LogP contribution in [0.25, 0.3) is 0 Å². The van der Waals surface area contributed by atoms with Crippen molar-refractivity contribution in [1.82, 2.24) is 0 Å². The van der Waals surface area contributed by atoms with Crippen LogP contribution in [0.4, 0.5) is 18.9 Å². The van der Waals surface area contributed by atoms with E-state index in [0.717, 1.165) is 12.8 Å². The van der Waals surface area contributed by atoms with Crippen LogP contribution in [0.2, 0.25) is 0 Å². The van der Waals surface area contributed by atoms with Crippen LogP contribution in [-0.2, 0) is 0 Å². The number of hydrogen-bond donors (Lipinski definition) is 1. The van der Waals surface area contributed by atoms with Gasteiger partial charge in [-0.1, -0.05) is 37.8 Å². The molecule has 1 N–H and O–H groups in total. The minimum Gasteiger partial charge on any atom is -0.404 e. The Kier molecular flexibility index (Phi) is 5.15. The second kappa shape index (κ2) is 6.86. The third kappa shape index (κ3) is 4.94. The Morgan fingerprint density at radius 2 is 1.70 bits per heavy atom. The fourth-order valence-corrected chi connectivity index (χ4v) is 2.65. The van der Waals surface area contributed by atoms with Crippen LogP contribution in [0.1, 0.15) is 38.5 Å². The smallest absolute Gasteiger partial charge is 0.404 e. The predicted octanol–water partition coefficient (Wildman–Crippen LogP) is 4.97. The zero-order chi connectivity index (χ0) is 14.4. The highest BCUT2D eigenvalue weighted by atomic mass is 19.4. The first-order chi connectivity index (χ1) is 9.54. The number of benzene rings is 1. The van der Waals surface area contributed by atoms with E-state index in [2.05, 4.69) is 10.1 Å². The molecule has 5 heteroatoms. The van der Waals surface area contributed by atoms with Crippen molar-refractivity contribution < 1.29 is 17.9 Å². The molecule has 0 aromatic heterocycles. The Morgan fingerprint density at radius 1 is 1.05 bits per heavy atom. The minimum atomic E-state index is -4.65. The van der Waals surface area contributed by atoms with Gasteiger partial charge in [0.2, 0.25) is 0 Å². The monoisotopic (exact) mass is 287 g/mol. The van der Waals surface area contributed by atoms with Crippen molar-refractivity contribution in [2.24, 2.45) is 5.92 Å². The number of anilines is 1. The van der Waals surface area contributed by atoms with Crippen LogP contribution in [0, 0.1) is 5.92 Å². The van der Waals surface area contributed by atoms with Gasteiger partial charge < -0.3 is 10.1 Å². The van der Waals surface area contributed by atoms with Crippen molar-refractivity contribution >= 4 is 5.69 Å². The van der Waals surface area contributed by atoms with E-state index in [4.69, 9.17) is 0 Å².